The largest absolute Gasteiger partial charge is 0.508 e. The molecule has 0 unspecified atom stereocenters. The summed E-state index contributed by atoms with van der Waals surface area (Å²) in [6.07, 6.45) is 2.29. The minimum Gasteiger partial charge on any atom is -0.508 e. The molecule has 5 N–H and O–H groups in total. The van der Waals surface area contributed by atoms with E-state index in [4.69, 9.17) is 5.11 Å². The summed E-state index contributed by atoms with van der Waals surface area (Å²) in [5.74, 6) is -4.20. The molecule has 0 fully saturated rings. The molecule has 0 aliphatic rings. The van der Waals surface area contributed by atoms with Gasteiger partial charge in [0.2, 0.25) is 0 Å². The number of carboxylic acid groups (broad SMARTS) is 1. The highest BCUT2D eigenvalue weighted by atomic mass is 16.4. The van der Waals surface area contributed by atoms with Crippen LogP contribution in [-0.4, -0.2) is 38.2 Å². The van der Waals surface area contributed by atoms with E-state index in [1.54, 1.807) is 0 Å². The van der Waals surface area contributed by atoms with Crippen LogP contribution in [0.15, 0.2) is 42.5 Å². The topological polar surface area (TPSA) is 144 Å². The quantitative estimate of drug-likeness (QED) is 0.417. The van der Waals surface area contributed by atoms with E-state index < -0.39 is 23.3 Å². The highest BCUT2D eigenvalue weighted by molar-refractivity contribution is 6.13. The van der Waals surface area contributed by atoms with Crippen molar-refractivity contribution in [1.29, 1.82) is 0 Å². The number of rotatable bonds is 4. The highest BCUT2D eigenvalue weighted by Crippen LogP contribution is 2.25. The molecule has 25 heavy (non-hydrogen) atoms. The molecular weight excluding hydrogens is 330 g/mol. The molecule has 0 heterocycles. The SMILES string of the molecule is O=C(/C=C/c1ccc(O)c(O)c1)NC(=O)c1ccc(O)cc1C(=O)O. The zero-order valence-corrected chi connectivity index (χ0v) is 12.6. The Morgan fingerprint density at radius 3 is 2.24 bits per heavy atom. The van der Waals surface area contributed by atoms with E-state index in [2.05, 4.69) is 0 Å². The number of hydrogen-bond donors (Lipinski definition) is 5. The minimum absolute atomic E-state index is 0.283. The molecule has 0 radical (unpaired) electrons. The van der Waals surface area contributed by atoms with Gasteiger partial charge in [0, 0.05) is 6.08 Å². The summed E-state index contributed by atoms with van der Waals surface area (Å²) in [5.41, 5.74) is -0.333. The number of carbonyl (C=O) groups is 3. The molecule has 0 spiro atoms. The Morgan fingerprint density at radius 2 is 1.60 bits per heavy atom. The summed E-state index contributed by atoms with van der Waals surface area (Å²) < 4.78 is 0. The van der Waals surface area contributed by atoms with Gasteiger partial charge in [0.25, 0.3) is 11.8 Å². The molecule has 0 saturated heterocycles. The van der Waals surface area contributed by atoms with E-state index in [9.17, 15) is 29.7 Å². The first-order chi connectivity index (χ1) is 11.8. The zero-order valence-electron chi connectivity index (χ0n) is 12.6. The van der Waals surface area contributed by atoms with Crippen molar-refractivity contribution in [3.63, 3.8) is 0 Å². The number of carboxylic acids is 1. The average molecular weight is 343 g/mol. The van der Waals surface area contributed by atoms with Crippen molar-refractivity contribution >= 4 is 23.9 Å². The number of hydrogen-bond acceptors (Lipinski definition) is 6. The van der Waals surface area contributed by atoms with Gasteiger partial charge in [-0.25, -0.2) is 4.79 Å². The van der Waals surface area contributed by atoms with E-state index >= 15 is 0 Å². The van der Waals surface area contributed by atoms with Gasteiger partial charge in [0.05, 0.1) is 11.1 Å². The lowest BCUT2D eigenvalue weighted by Gasteiger charge is -2.06. The number of phenolic OH excluding ortho intramolecular Hbond substituents is 3. The lowest BCUT2D eigenvalue weighted by molar-refractivity contribution is -0.115. The second kappa shape index (κ2) is 7.18. The predicted octanol–water partition coefficient (Wildman–Crippen LogP) is 1.47. The third-order valence-electron chi connectivity index (χ3n) is 3.14. The predicted molar refractivity (Wildman–Crippen MR) is 86.3 cm³/mol. The first kappa shape index (κ1) is 17.5. The highest BCUT2D eigenvalue weighted by Gasteiger charge is 2.18. The van der Waals surface area contributed by atoms with Crippen molar-refractivity contribution in [1.82, 2.24) is 5.32 Å². The van der Waals surface area contributed by atoms with Gasteiger partial charge < -0.3 is 20.4 Å². The Kier molecular flexibility index (Phi) is 5.03. The molecule has 0 aliphatic heterocycles. The third kappa shape index (κ3) is 4.35. The number of amides is 2. The maximum absolute atomic E-state index is 12.0. The zero-order chi connectivity index (χ0) is 18.6. The van der Waals surface area contributed by atoms with Crippen LogP contribution in [-0.2, 0) is 4.79 Å². The van der Waals surface area contributed by atoms with E-state index in [0.29, 0.717) is 5.56 Å². The molecule has 2 aromatic carbocycles. The van der Waals surface area contributed by atoms with Crippen LogP contribution in [0.1, 0.15) is 26.3 Å². The molecule has 0 saturated carbocycles. The van der Waals surface area contributed by atoms with Gasteiger partial charge in [-0.15, -0.1) is 0 Å². The van der Waals surface area contributed by atoms with Crippen molar-refractivity contribution in [2.24, 2.45) is 0 Å². The van der Waals surface area contributed by atoms with E-state index in [-0.39, 0.29) is 22.8 Å². The lowest BCUT2D eigenvalue weighted by atomic mass is 10.1. The minimum atomic E-state index is -1.43. The fourth-order valence-corrected chi connectivity index (χ4v) is 1.94. The molecule has 2 amide bonds. The number of aromatic hydroxyl groups is 3. The molecule has 0 aromatic heterocycles. The summed E-state index contributed by atoms with van der Waals surface area (Å²) in [6.45, 7) is 0. The molecule has 8 nitrogen and oxygen atoms in total. The second-order valence-corrected chi connectivity index (χ2v) is 4.93. The van der Waals surface area contributed by atoms with Gasteiger partial charge in [-0.2, -0.15) is 0 Å². The molecule has 8 heteroatoms. The fourth-order valence-electron chi connectivity index (χ4n) is 1.94. The number of aromatic carboxylic acids is 1. The molecule has 128 valence electrons. The van der Waals surface area contributed by atoms with Crippen molar-refractivity contribution in [2.75, 3.05) is 0 Å². The Labute approximate surface area is 141 Å². The fraction of sp³-hybridized carbons (Fsp3) is 0. The number of nitrogens with one attached hydrogen (secondary N) is 1. The van der Waals surface area contributed by atoms with Crippen LogP contribution in [0.25, 0.3) is 6.08 Å². The van der Waals surface area contributed by atoms with Gasteiger partial charge >= 0.3 is 5.97 Å². The van der Waals surface area contributed by atoms with E-state index in [0.717, 1.165) is 24.3 Å². The first-order valence-electron chi connectivity index (χ1n) is 6.89. The van der Waals surface area contributed by atoms with Crippen molar-refractivity contribution in [3.05, 3.63) is 59.2 Å². The summed E-state index contributed by atoms with van der Waals surface area (Å²) in [5, 5.41) is 38.9. The maximum Gasteiger partial charge on any atom is 0.336 e. The van der Waals surface area contributed by atoms with E-state index in [1.165, 1.54) is 24.3 Å². The molecule has 0 aliphatic carbocycles. The lowest BCUT2D eigenvalue weighted by Crippen LogP contribution is -2.30. The van der Waals surface area contributed by atoms with Gasteiger partial charge in [-0.1, -0.05) is 6.07 Å². The van der Waals surface area contributed by atoms with Crippen LogP contribution in [0, 0.1) is 0 Å². The van der Waals surface area contributed by atoms with Gasteiger partial charge in [-0.3, -0.25) is 14.9 Å². The van der Waals surface area contributed by atoms with Gasteiger partial charge in [-0.05, 0) is 42.0 Å². The summed E-state index contributed by atoms with van der Waals surface area (Å²) >= 11 is 0. The number of carbonyl (C=O) groups excluding carboxylic acids is 2. The van der Waals surface area contributed by atoms with Crippen LogP contribution in [0.3, 0.4) is 0 Å². The molecule has 0 bridgehead atoms. The van der Waals surface area contributed by atoms with Crippen molar-refractivity contribution in [3.8, 4) is 17.2 Å². The van der Waals surface area contributed by atoms with Crippen LogP contribution < -0.4 is 5.32 Å². The summed E-state index contributed by atoms with van der Waals surface area (Å²) in [6, 6.07) is 6.99. The standard InChI is InChI=1S/C17H13NO7/c19-10-3-4-11(12(8-10)17(24)25)16(23)18-15(22)6-2-9-1-5-13(20)14(21)7-9/h1-8,19-21H,(H,24,25)(H,18,22,23)/b6-2+. The second-order valence-electron chi connectivity index (χ2n) is 4.93. The Bertz CT molecular complexity index is 887. The molecule has 2 rings (SSSR count). The number of phenols is 3. The Morgan fingerprint density at radius 1 is 0.880 bits per heavy atom. The smallest absolute Gasteiger partial charge is 0.336 e. The van der Waals surface area contributed by atoms with Crippen LogP contribution in [0.2, 0.25) is 0 Å². The van der Waals surface area contributed by atoms with E-state index in [1.807, 2.05) is 5.32 Å². The Balaban J connectivity index is 2.12. The summed E-state index contributed by atoms with van der Waals surface area (Å²) in [4.78, 5) is 34.9. The average Bonchev–Trinajstić information content (AvgIpc) is 2.55. The number of benzene rings is 2. The van der Waals surface area contributed by atoms with Crippen molar-refractivity contribution < 1.29 is 34.8 Å². The van der Waals surface area contributed by atoms with Gasteiger partial charge in [0.1, 0.15) is 5.75 Å². The van der Waals surface area contributed by atoms with Gasteiger partial charge in [0.15, 0.2) is 11.5 Å². The Hall–Kier alpha value is -3.81. The van der Waals surface area contributed by atoms with Crippen molar-refractivity contribution in [2.45, 2.75) is 0 Å². The normalized spacial score (nSPS) is 10.6. The molecule has 0 atom stereocenters. The molecule has 2 aromatic rings. The summed E-state index contributed by atoms with van der Waals surface area (Å²) in [7, 11) is 0. The third-order valence-corrected chi connectivity index (χ3v) is 3.14. The molecular formula is C17H13NO7. The first-order valence-corrected chi connectivity index (χ1v) is 6.89. The van der Waals surface area contributed by atoms with Crippen LogP contribution in [0.5, 0.6) is 17.2 Å². The monoisotopic (exact) mass is 343 g/mol. The number of imide groups is 1. The maximum atomic E-state index is 12.0. The van der Waals surface area contributed by atoms with Crippen LogP contribution >= 0.6 is 0 Å². The van der Waals surface area contributed by atoms with Crippen LogP contribution in [0.4, 0.5) is 0 Å².